The van der Waals surface area contributed by atoms with Gasteiger partial charge in [0.05, 0.1) is 6.04 Å². The molecule has 0 bridgehead atoms. The van der Waals surface area contributed by atoms with Gasteiger partial charge in [-0.05, 0) is 35.1 Å². The van der Waals surface area contributed by atoms with Crippen molar-refractivity contribution in [2.24, 2.45) is 0 Å². The van der Waals surface area contributed by atoms with Crippen molar-refractivity contribution in [3.8, 4) is 17.0 Å². The van der Waals surface area contributed by atoms with Crippen LogP contribution >= 0.6 is 0 Å². The predicted octanol–water partition coefficient (Wildman–Crippen LogP) is 5.43. The fourth-order valence-corrected chi connectivity index (χ4v) is 4.15. The van der Waals surface area contributed by atoms with Gasteiger partial charge < -0.3 is 10.0 Å². The molecule has 0 saturated heterocycles. The minimum Gasteiger partial charge on any atom is -0.507 e. The average Bonchev–Trinajstić information content (AvgIpc) is 3.25. The third-order valence-corrected chi connectivity index (χ3v) is 5.87. The number of unbranched alkanes of at least 4 members (excludes halogenated alkanes) is 1. The first kappa shape index (κ1) is 20.2. The number of benzene rings is 2. The summed E-state index contributed by atoms with van der Waals surface area (Å²) in [5.41, 5.74) is 5.02. The Morgan fingerprint density at radius 3 is 2.43 bits per heavy atom. The van der Waals surface area contributed by atoms with E-state index in [1.165, 1.54) is 5.56 Å². The van der Waals surface area contributed by atoms with E-state index in [0.717, 1.165) is 24.0 Å². The van der Waals surface area contributed by atoms with Crippen molar-refractivity contribution in [2.45, 2.75) is 52.0 Å². The second kappa shape index (κ2) is 7.63. The third kappa shape index (κ3) is 3.38. The zero-order valence-electron chi connectivity index (χ0n) is 18.1. The lowest BCUT2D eigenvalue weighted by Gasteiger charge is -2.27. The standard InChI is InChI=1S/C25H29N3O2/c1-5-6-15-28-23(16-11-13-17(14-12-16)25(2,3)4)20-21(26-27-22(20)24(28)30)18-9-7-8-10-19(18)29/h7-14,23,29H,5-6,15H2,1-4H3,(H,26,27)/t23-/m1/s1. The molecule has 1 aromatic heterocycles. The number of nitrogens with one attached hydrogen (secondary N) is 1. The molecule has 5 heteroatoms. The highest BCUT2D eigenvalue weighted by molar-refractivity contribution is 6.00. The molecule has 156 valence electrons. The van der Waals surface area contributed by atoms with Crippen LogP contribution in [0.1, 0.15) is 73.8 Å². The molecule has 2 aromatic carbocycles. The van der Waals surface area contributed by atoms with Crippen molar-refractivity contribution in [2.75, 3.05) is 6.54 Å². The Labute approximate surface area is 177 Å². The summed E-state index contributed by atoms with van der Waals surface area (Å²) in [6.45, 7) is 9.39. The zero-order valence-corrected chi connectivity index (χ0v) is 18.1. The van der Waals surface area contributed by atoms with Gasteiger partial charge in [0.25, 0.3) is 5.91 Å². The summed E-state index contributed by atoms with van der Waals surface area (Å²) in [5.74, 6) is 0.130. The van der Waals surface area contributed by atoms with Gasteiger partial charge in [0.15, 0.2) is 0 Å². The fourth-order valence-electron chi connectivity index (χ4n) is 4.15. The SMILES string of the molecule is CCCCN1C(=O)c2[nH]nc(-c3ccccc3O)c2[C@H]1c1ccc(C(C)(C)C)cc1. The maximum atomic E-state index is 13.2. The Hall–Kier alpha value is -3.08. The Morgan fingerprint density at radius 2 is 1.80 bits per heavy atom. The molecule has 1 atom stereocenters. The van der Waals surface area contributed by atoms with E-state index in [4.69, 9.17) is 0 Å². The Morgan fingerprint density at radius 1 is 1.10 bits per heavy atom. The minimum atomic E-state index is -0.221. The van der Waals surface area contributed by atoms with E-state index in [0.29, 0.717) is 23.5 Å². The van der Waals surface area contributed by atoms with Crippen LogP contribution < -0.4 is 0 Å². The molecule has 1 aliphatic heterocycles. The molecular weight excluding hydrogens is 374 g/mol. The first-order valence-electron chi connectivity index (χ1n) is 10.6. The number of aromatic amines is 1. The first-order chi connectivity index (χ1) is 14.3. The molecule has 2 heterocycles. The molecule has 0 radical (unpaired) electrons. The van der Waals surface area contributed by atoms with Crippen molar-refractivity contribution in [1.29, 1.82) is 0 Å². The molecular formula is C25H29N3O2. The highest BCUT2D eigenvalue weighted by Crippen LogP contribution is 2.44. The normalized spacial score (nSPS) is 16.2. The number of rotatable bonds is 5. The van der Waals surface area contributed by atoms with E-state index in [1.807, 2.05) is 17.0 Å². The Balaban J connectivity index is 1.85. The van der Waals surface area contributed by atoms with E-state index in [2.05, 4.69) is 62.2 Å². The summed E-state index contributed by atoms with van der Waals surface area (Å²) in [5, 5.41) is 17.8. The summed E-state index contributed by atoms with van der Waals surface area (Å²) in [6, 6.07) is 15.5. The number of carbonyl (C=O) groups is 1. The molecule has 1 amide bonds. The van der Waals surface area contributed by atoms with Crippen molar-refractivity contribution in [1.82, 2.24) is 15.1 Å². The number of aromatic hydroxyl groups is 1. The maximum absolute atomic E-state index is 13.2. The summed E-state index contributed by atoms with van der Waals surface area (Å²) in [6.07, 6.45) is 1.95. The number of amides is 1. The van der Waals surface area contributed by atoms with E-state index < -0.39 is 0 Å². The van der Waals surface area contributed by atoms with Crippen LogP contribution in [0, 0.1) is 0 Å². The summed E-state index contributed by atoms with van der Waals surface area (Å²) < 4.78 is 0. The third-order valence-electron chi connectivity index (χ3n) is 5.87. The topological polar surface area (TPSA) is 69.2 Å². The van der Waals surface area contributed by atoms with Crippen LogP contribution in [0.2, 0.25) is 0 Å². The molecule has 3 aromatic rings. The number of phenols is 1. The highest BCUT2D eigenvalue weighted by Gasteiger charge is 2.42. The largest absolute Gasteiger partial charge is 0.507 e. The van der Waals surface area contributed by atoms with Crippen LogP contribution in [0.25, 0.3) is 11.3 Å². The maximum Gasteiger partial charge on any atom is 0.273 e. The summed E-state index contributed by atoms with van der Waals surface area (Å²) in [4.78, 5) is 15.2. The van der Waals surface area contributed by atoms with Crippen LogP contribution in [-0.4, -0.2) is 32.7 Å². The van der Waals surface area contributed by atoms with Gasteiger partial charge in [-0.25, -0.2) is 0 Å². The number of nitrogens with zero attached hydrogens (tertiary/aromatic N) is 2. The Kier molecular flexibility index (Phi) is 5.14. The number of carbonyl (C=O) groups excluding carboxylic acids is 1. The molecule has 0 fully saturated rings. The van der Waals surface area contributed by atoms with Crippen LogP contribution in [-0.2, 0) is 5.41 Å². The van der Waals surface area contributed by atoms with Crippen LogP contribution in [0.5, 0.6) is 5.75 Å². The van der Waals surface area contributed by atoms with Gasteiger partial charge in [0, 0.05) is 17.7 Å². The van der Waals surface area contributed by atoms with Gasteiger partial charge in [-0.2, -0.15) is 5.10 Å². The van der Waals surface area contributed by atoms with Gasteiger partial charge in [-0.1, -0.05) is 70.5 Å². The average molecular weight is 404 g/mol. The molecule has 30 heavy (non-hydrogen) atoms. The zero-order chi connectivity index (χ0) is 21.5. The summed E-state index contributed by atoms with van der Waals surface area (Å²) >= 11 is 0. The molecule has 0 saturated carbocycles. The second-order valence-corrected chi connectivity index (χ2v) is 9.00. The van der Waals surface area contributed by atoms with Crippen molar-refractivity contribution in [3.63, 3.8) is 0 Å². The Bertz CT molecular complexity index is 1060. The number of hydrogen-bond acceptors (Lipinski definition) is 3. The smallest absolute Gasteiger partial charge is 0.273 e. The van der Waals surface area contributed by atoms with Crippen molar-refractivity contribution in [3.05, 3.63) is 70.9 Å². The van der Waals surface area contributed by atoms with Gasteiger partial charge in [0.1, 0.15) is 17.1 Å². The number of fused-ring (bicyclic) bond motifs is 1. The van der Waals surface area contributed by atoms with E-state index in [9.17, 15) is 9.90 Å². The fraction of sp³-hybridized carbons (Fsp3) is 0.360. The van der Waals surface area contributed by atoms with Gasteiger partial charge in [0.2, 0.25) is 0 Å². The van der Waals surface area contributed by atoms with Crippen molar-refractivity contribution >= 4 is 5.91 Å². The lowest BCUT2D eigenvalue weighted by atomic mass is 9.85. The van der Waals surface area contributed by atoms with E-state index in [1.54, 1.807) is 12.1 Å². The first-order valence-corrected chi connectivity index (χ1v) is 10.6. The molecule has 0 aliphatic carbocycles. The van der Waals surface area contributed by atoms with Crippen LogP contribution in [0.15, 0.2) is 48.5 Å². The van der Waals surface area contributed by atoms with Crippen LogP contribution in [0.4, 0.5) is 0 Å². The van der Waals surface area contributed by atoms with Crippen molar-refractivity contribution < 1.29 is 9.90 Å². The molecule has 4 rings (SSSR count). The minimum absolute atomic E-state index is 0.0301. The van der Waals surface area contributed by atoms with E-state index >= 15 is 0 Å². The quantitative estimate of drug-likeness (QED) is 0.597. The lowest BCUT2D eigenvalue weighted by Crippen LogP contribution is -2.30. The number of para-hydroxylation sites is 1. The van der Waals surface area contributed by atoms with Gasteiger partial charge >= 0.3 is 0 Å². The molecule has 5 nitrogen and oxygen atoms in total. The monoisotopic (exact) mass is 403 g/mol. The second-order valence-electron chi connectivity index (χ2n) is 9.00. The van der Waals surface area contributed by atoms with E-state index in [-0.39, 0.29) is 23.1 Å². The van der Waals surface area contributed by atoms with Gasteiger partial charge in [-0.15, -0.1) is 0 Å². The van der Waals surface area contributed by atoms with Crippen LogP contribution in [0.3, 0.4) is 0 Å². The number of phenolic OH excluding ortho intramolecular Hbond substituents is 1. The number of H-pyrrole nitrogens is 1. The predicted molar refractivity (Wildman–Crippen MR) is 119 cm³/mol. The highest BCUT2D eigenvalue weighted by atomic mass is 16.3. The number of hydrogen-bond donors (Lipinski definition) is 2. The molecule has 0 unspecified atom stereocenters. The lowest BCUT2D eigenvalue weighted by molar-refractivity contribution is 0.0741. The summed E-state index contributed by atoms with van der Waals surface area (Å²) in [7, 11) is 0. The molecule has 2 N–H and O–H groups in total. The number of aromatic nitrogens is 2. The van der Waals surface area contributed by atoms with Gasteiger partial charge in [-0.3, -0.25) is 9.89 Å². The molecule has 0 spiro atoms. The molecule has 1 aliphatic rings.